The molecule has 0 aromatic carbocycles. The van der Waals surface area contributed by atoms with Gasteiger partial charge >= 0.3 is 0 Å². The van der Waals surface area contributed by atoms with Crippen LogP contribution in [0.15, 0.2) is 6.07 Å². The predicted octanol–water partition coefficient (Wildman–Crippen LogP) is 3.41. The Balaban J connectivity index is 2.76. The van der Waals surface area contributed by atoms with E-state index >= 15 is 0 Å². The van der Waals surface area contributed by atoms with Gasteiger partial charge < -0.3 is 10.1 Å². The SMILES string of the molecule is CCC(CC)N(CCOC)Cc1cc(CNC)sc1C. The van der Waals surface area contributed by atoms with Crippen LogP contribution in [-0.2, 0) is 17.8 Å². The lowest BCUT2D eigenvalue weighted by Crippen LogP contribution is -2.36. The average molecular weight is 298 g/mol. The Morgan fingerprint density at radius 1 is 1.35 bits per heavy atom. The van der Waals surface area contributed by atoms with Gasteiger partial charge in [-0.3, -0.25) is 4.90 Å². The van der Waals surface area contributed by atoms with Gasteiger partial charge in [0.2, 0.25) is 0 Å². The third-order valence-corrected chi connectivity index (χ3v) is 4.93. The van der Waals surface area contributed by atoms with Crippen molar-refractivity contribution in [3.63, 3.8) is 0 Å². The minimum Gasteiger partial charge on any atom is -0.383 e. The van der Waals surface area contributed by atoms with E-state index in [0.717, 1.165) is 26.2 Å². The summed E-state index contributed by atoms with van der Waals surface area (Å²) in [6, 6.07) is 3.01. The molecule has 116 valence electrons. The summed E-state index contributed by atoms with van der Waals surface area (Å²) in [6.07, 6.45) is 2.40. The standard InChI is InChI=1S/C16H30N2OS/c1-6-15(7-2)18(8-9-19-5)12-14-10-16(11-17-4)20-13(14)3/h10,15,17H,6-9,11-12H2,1-5H3. The summed E-state index contributed by atoms with van der Waals surface area (Å²) in [6.45, 7) is 10.6. The first kappa shape index (κ1) is 17.6. The highest BCUT2D eigenvalue weighted by molar-refractivity contribution is 7.12. The van der Waals surface area contributed by atoms with Gasteiger partial charge in [-0.1, -0.05) is 13.8 Å². The van der Waals surface area contributed by atoms with Crippen molar-refractivity contribution >= 4 is 11.3 Å². The lowest BCUT2D eigenvalue weighted by Gasteiger charge is -2.30. The second-order valence-electron chi connectivity index (χ2n) is 5.26. The Morgan fingerprint density at radius 2 is 2.05 bits per heavy atom. The van der Waals surface area contributed by atoms with Crippen molar-refractivity contribution in [2.75, 3.05) is 27.3 Å². The van der Waals surface area contributed by atoms with Gasteiger partial charge in [0.15, 0.2) is 0 Å². The number of nitrogens with one attached hydrogen (secondary N) is 1. The second-order valence-corrected chi connectivity index (χ2v) is 6.60. The zero-order chi connectivity index (χ0) is 15.0. The minimum atomic E-state index is 0.650. The summed E-state index contributed by atoms with van der Waals surface area (Å²) in [5.41, 5.74) is 1.48. The van der Waals surface area contributed by atoms with E-state index < -0.39 is 0 Å². The molecule has 1 rings (SSSR count). The summed E-state index contributed by atoms with van der Waals surface area (Å²) in [5.74, 6) is 0. The van der Waals surface area contributed by atoms with Crippen LogP contribution in [0, 0.1) is 6.92 Å². The molecule has 0 aliphatic rings. The summed E-state index contributed by atoms with van der Waals surface area (Å²) in [7, 11) is 3.79. The maximum absolute atomic E-state index is 5.27. The average Bonchev–Trinajstić information content (AvgIpc) is 2.77. The van der Waals surface area contributed by atoms with Gasteiger partial charge in [0.05, 0.1) is 6.61 Å². The van der Waals surface area contributed by atoms with Crippen LogP contribution in [0.3, 0.4) is 0 Å². The highest BCUT2D eigenvalue weighted by atomic mass is 32.1. The molecule has 20 heavy (non-hydrogen) atoms. The van der Waals surface area contributed by atoms with Crippen LogP contribution < -0.4 is 5.32 Å². The number of rotatable bonds is 10. The first-order valence-corrected chi connectivity index (χ1v) is 8.43. The van der Waals surface area contributed by atoms with Crippen molar-refractivity contribution in [1.82, 2.24) is 10.2 Å². The molecular weight excluding hydrogens is 268 g/mol. The first-order valence-electron chi connectivity index (χ1n) is 7.61. The molecule has 0 fully saturated rings. The van der Waals surface area contributed by atoms with Gasteiger partial charge in [-0.05, 0) is 38.4 Å². The van der Waals surface area contributed by atoms with E-state index in [2.05, 4.69) is 37.1 Å². The lowest BCUT2D eigenvalue weighted by molar-refractivity contribution is 0.110. The Hall–Kier alpha value is -0.420. The third-order valence-electron chi connectivity index (χ3n) is 3.84. The first-order chi connectivity index (χ1) is 9.65. The van der Waals surface area contributed by atoms with Gasteiger partial charge in [-0.2, -0.15) is 0 Å². The lowest BCUT2D eigenvalue weighted by atomic mass is 10.1. The number of thiophene rings is 1. The highest BCUT2D eigenvalue weighted by Crippen LogP contribution is 2.24. The molecule has 0 atom stereocenters. The second kappa shape index (κ2) is 9.50. The predicted molar refractivity (Wildman–Crippen MR) is 88.5 cm³/mol. The molecule has 0 amide bonds. The fourth-order valence-electron chi connectivity index (χ4n) is 2.63. The van der Waals surface area contributed by atoms with E-state index in [4.69, 9.17) is 4.74 Å². The Kier molecular flexibility index (Phi) is 8.38. The maximum atomic E-state index is 5.27. The summed E-state index contributed by atoms with van der Waals surface area (Å²) < 4.78 is 5.27. The molecule has 3 nitrogen and oxygen atoms in total. The monoisotopic (exact) mass is 298 g/mol. The zero-order valence-electron chi connectivity index (χ0n) is 13.7. The van der Waals surface area contributed by atoms with E-state index in [9.17, 15) is 0 Å². The Labute approximate surface area is 128 Å². The molecule has 0 aliphatic heterocycles. The van der Waals surface area contributed by atoms with Gasteiger partial charge in [0, 0.05) is 42.5 Å². The van der Waals surface area contributed by atoms with Crippen LogP contribution >= 0.6 is 11.3 Å². The molecule has 1 aromatic rings. The normalized spacial score (nSPS) is 11.8. The van der Waals surface area contributed by atoms with Gasteiger partial charge in [-0.25, -0.2) is 0 Å². The molecule has 4 heteroatoms. The highest BCUT2D eigenvalue weighted by Gasteiger charge is 2.17. The number of aryl methyl sites for hydroxylation is 1. The minimum absolute atomic E-state index is 0.650. The van der Waals surface area contributed by atoms with Crippen LogP contribution in [0.2, 0.25) is 0 Å². The van der Waals surface area contributed by atoms with Gasteiger partial charge in [-0.15, -0.1) is 11.3 Å². The number of ether oxygens (including phenoxy) is 1. The molecule has 0 saturated carbocycles. The largest absolute Gasteiger partial charge is 0.383 e. The van der Waals surface area contributed by atoms with Crippen LogP contribution in [0.5, 0.6) is 0 Å². The molecule has 0 bridgehead atoms. The quantitative estimate of drug-likeness (QED) is 0.716. The van der Waals surface area contributed by atoms with Crippen molar-refractivity contribution in [2.24, 2.45) is 0 Å². The molecular formula is C16H30N2OS. The summed E-state index contributed by atoms with van der Waals surface area (Å²) in [4.78, 5) is 5.45. The van der Waals surface area contributed by atoms with Crippen molar-refractivity contribution in [2.45, 2.75) is 52.7 Å². The van der Waals surface area contributed by atoms with E-state index in [1.165, 1.54) is 28.2 Å². The van der Waals surface area contributed by atoms with E-state index in [0.29, 0.717) is 6.04 Å². The summed E-state index contributed by atoms with van der Waals surface area (Å²) >= 11 is 1.91. The molecule has 1 aromatic heterocycles. The number of hydrogen-bond acceptors (Lipinski definition) is 4. The van der Waals surface area contributed by atoms with Crippen LogP contribution in [0.4, 0.5) is 0 Å². The zero-order valence-corrected chi connectivity index (χ0v) is 14.5. The van der Waals surface area contributed by atoms with Crippen molar-refractivity contribution in [1.29, 1.82) is 0 Å². The van der Waals surface area contributed by atoms with Gasteiger partial charge in [0.25, 0.3) is 0 Å². The molecule has 0 spiro atoms. The van der Waals surface area contributed by atoms with E-state index in [1.807, 2.05) is 18.4 Å². The van der Waals surface area contributed by atoms with Crippen molar-refractivity contribution in [3.05, 3.63) is 21.4 Å². The molecule has 0 aliphatic carbocycles. The van der Waals surface area contributed by atoms with Crippen LogP contribution in [0.1, 0.15) is 42.0 Å². The number of methoxy groups -OCH3 is 1. The molecule has 1 heterocycles. The van der Waals surface area contributed by atoms with E-state index in [1.54, 1.807) is 7.11 Å². The Morgan fingerprint density at radius 3 is 2.60 bits per heavy atom. The number of hydrogen-bond donors (Lipinski definition) is 1. The molecule has 1 N–H and O–H groups in total. The maximum Gasteiger partial charge on any atom is 0.0589 e. The van der Waals surface area contributed by atoms with E-state index in [-0.39, 0.29) is 0 Å². The molecule has 0 saturated heterocycles. The molecule has 0 unspecified atom stereocenters. The van der Waals surface area contributed by atoms with Crippen molar-refractivity contribution in [3.8, 4) is 0 Å². The van der Waals surface area contributed by atoms with Crippen LogP contribution in [-0.4, -0.2) is 38.3 Å². The topological polar surface area (TPSA) is 24.5 Å². The number of nitrogens with zero attached hydrogens (tertiary/aromatic N) is 1. The molecule has 0 radical (unpaired) electrons. The van der Waals surface area contributed by atoms with Crippen molar-refractivity contribution < 1.29 is 4.74 Å². The smallest absolute Gasteiger partial charge is 0.0589 e. The van der Waals surface area contributed by atoms with Crippen LogP contribution in [0.25, 0.3) is 0 Å². The summed E-state index contributed by atoms with van der Waals surface area (Å²) in [5, 5.41) is 3.23. The fourth-order valence-corrected chi connectivity index (χ4v) is 3.69. The third kappa shape index (κ3) is 5.17. The van der Waals surface area contributed by atoms with Gasteiger partial charge in [0.1, 0.15) is 0 Å². The Bertz CT molecular complexity index is 375. The fraction of sp³-hybridized carbons (Fsp3) is 0.750.